The second-order valence-electron chi connectivity index (χ2n) is 9.06. The predicted octanol–water partition coefficient (Wildman–Crippen LogP) is 3.72. The van der Waals surface area contributed by atoms with Gasteiger partial charge in [-0.3, -0.25) is 9.48 Å². The number of carbonyl (C=O) groups excluding carboxylic acids is 1. The Kier molecular flexibility index (Phi) is 5.44. The maximum Gasteiger partial charge on any atom is 0.226 e. The minimum Gasteiger partial charge on any atom is -0.341 e. The van der Waals surface area contributed by atoms with Crippen molar-refractivity contribution in [2.75, 3.05) is 24.5 Å². The van der Waals surface area contributed by atoms with Gasteiger partial charge in [0.25, 0.3) is 0 Å². The van der Waals surface area contributed by atoms with E-state index in [2.05, 4.69) is 14.8 Å². The van der Waals surface area contributed by atoms with Gasteiger partial charge in [-0.2, -0.15) is 5.10 Å². The number of rotatable bonds is 4. The molecule has 7 nitrogen and oxygen atoms in total. The molecule has 3 aliphatic rings. The number of hydrogen-bond acceptors (Lipinski definition) is 5. The fraction of sp³-hybridized carbons (Fsp3) is 0.652. The van der Waals surface area contributed by atoms with Crippen molar-refractivity contribution in [3.63, 3.8) is 0 Å². The quantitative estimate of drug-likeness (QED) is 0.771. The number of anilines is 1. The molecule has 1 aliphatic carbocycles. The molecule has 0 unspecified atom stereocenters. The highest BCUT2D eigenvalue weighted by molar-refractivity contribution is 5.80. The smallest absolute Gasteiger partial charge is 0.226 e. The maximum absolute atomic E-state index is 13.3. The largest absolute Gasteiger partial charge is 0.341 e. The molecule has 160 valence electrons. The Hall–Kier alpha value is -2.44. The first-order valence-electron chi connectivity index (χ1n) is 11.6. The average Bonchev–Trinajstić information content (AvgIpc) is 3.54. The van der Waals surface area contributed by atoms with Crippen LogP contribution in [0.4, 0.5) is 5.95 Å². The molecule has 0 bridgehead atoms. The van der Waals surface area contributed by atoms with E-state index in [1.54, 1.807) is 0 Å². The molecule has 1 atom stereocenters. The minimum absolute atomic E-state index is 0.0563. The van der Waals surface area contributed by atoms with Crippen molar-refractivity contribution in [1.82, 2.24) is 24.6 Å². The van der Waals surface area contributed by atoms with Gasteiger partial charge in [0.15, 0.2) is 0 Å². The molecule has 2 aromatic rings. The molecule has 3 fully saturated rings. The van der Waals surface area contributed by atoms with Gasteiger partial charge in [-0.05, 0) is 44.6 Å². The average molecular weight is 409 g/mol. The summed E-state index contributed by atoms with van der Waals surface area (Å²) in [4.78, 5) is 27.1. The Bertz CT molecular complexity index is 897. The number of aromatic nitrogens is 4. The molecule has 5 rings (SSSR count). The molecule has 7 heteroatoms. The first kappa shape index (κ1) is 19.5. The lowest BCUT2D eigenvalue weighted by atomic mass is 9.88. The molecule has 2 saturated heterocycles. The number of amides is 1. The molecular weight excluding hydrogens is 376 g/mol. The summed E-state index contributed by atoms with van der Waals surface area (Å²) in [5.41, 5.74) is 2.94. The first-order valence-corrected chi connectivity index (χ1v) is 11.6. The monoisotopic (exact) mass is 408 g/mol. The SMILES string of the molecule is Cn1cc(-c2ccnc(N3CCCC3)n2)c([C@H]2CCCN2C(=O)C2CCCCC2)n1. The minimum atomic E-state index is 0.0563. The Morgan fingerprint density at radius 2 is 1.80 bits per heavy atom. The Morgan fingerprint density at radius 3 is 2.60 bits per heavy atom. The number of hydrogen-bond donors (Lipinski definition) is 0. The van der Waals surface area contributed by atoms with Gasteiger partial charge >= 0.3 is 0 Å². The van der Waals surface area contributed by atoms with Crippen molar-refractivity contribution in [2.24, 2.45) is 13.0 Å². The van der Waals surface area contributed by atoms with Crippen molar-refractivity contribution in [3.8, 4) is 11.3 Å². The van der Waals surface area contributed by atoms with Gasteiger partial charge < -0.3 is 9.80 Å². The highest BCUT2D eigenvalue weighted by atomic mass is 16.2. The van der Waals surface area contributed by atoms with E-state index in [4.69, 9.17) is 10.1 Å². The first-order chi connectivity index (χ1) is 14.7. The number of carbonyl (C=O) groups is 1. The van der Waals surface area contributed by atoms with Crippen molar-refractivity contribution >= 4 is 11.9 Å². The van der Waals surface area contributed by atoms with Crippen LogP contribution in [0.25, 0.3) is 11.3 Å². The predicted molar refractivity (Wildman–Crippen MR) is 116 cm³/mol. The fourth-order valence-corrected chi connectivity index (χ4v) is 5.42. The van der Waals surface area contributed by atoms with Gasteiger partial charge in [0.2, 0.25) is 11.9 Å². The van der Waals surface area contributed by atoms with Crippen LogP contribution in [-0.4, -0.2) is 50.2 Å². The van der Waals surface area contributed by atoms with Crippen molar-refractivity contribution in [1.29, 1.82) is 0 Å². The summed E-state index contributed by atoms with van der Waals surface area (Å²) >= 11 is 0. The van der Waals surface area contributed by atoms with Crippen LogP contribution in [0.2, 0.25) is 0 Å². The Balaban J connectivity index is 1.44. The summed E-state index contributed by atoms with van der Waals surface area (Å²) < 4.78 is 1.86. The summed E-state index contributed by atoms with van der Waals surface area (Å²) in [5, 5.41) is 4.82. The molecule has 0 N–H and O–H groups in total. The highest BCUT2D eigenvalue weighted by Crippen LogP contribution is 2.39. The molecule has 0 spiro atoms. The van der Waals surface area contributed by atoms with E-state index in [-0.39, 0.29) is 12.0 Å². The lowest BCUT2D eigenvalue weighted by Crippen LogP contribution is -2.36. The molecular formula is C23H32N6O. The summed E-state index contributed by atoms with van der Waals surface area (Å²) in [7, 11) is 1.96. The topological polar surface area (TPSA) is 67.2 Å². The zero-order valence-electron chi connectivity index (χ0n) is 18.0. The van der Waals surface area contributed by atoms with Crippen LogP contribution in [0.1, 0.15) is 69.5 Å². The molecule has 1 amide bonds. The third kappa shape index (κ3) is 3.70. The van der Waals surface area contributed by atoms with E-state index in [1.807, 2.05) is 30.2 Å². The molecule has 2 aromatic heterocycles. The van der Waals surface area contributed by atoms with E-state index < -0.39 is 0 Å². The molecule has 30 heavy (non-hydrogen) atoms. The summed E-state index contributed by atoms with van der Waals surface area (Å²) in [6.45, 7) is 2.89. The zero-order valence-corrected chi connectivity index (χ0v) is 18.0. The summed E-state index contributed by atoms with van der Waals surface area (Å²) in [5.74, 6) is 1.35. The summed E-state index contributed by atoms with van der Waals surface area (Å²) in [6, 6.07) is 2.03. The van der Waals surface area contributed by atoms with Crippen LogP contribution < -0.4 is 4.90 Å². The van der Waals surface area contributed by atoms with Gasteiger partial charge in [-0.1, -0.05) is 19.3 Å². The summed E-state index contributed by atoms with van der Waals surface area (Å²) in [6.07, 6.45) is 14.1. The van der Waals surface area contributed by atoms with Crippen molar-refractivity contribution in [2.45, 2.75) is 63.8 Å². The van der Waals surface area contributed by atoms with E-state index in [0.717, 1.165) is 68.2 Å². The van der Waals surface area contributed by atoms with E-state index in [9.17, 15) is 4.79 Å². The number of nitrogens with zero attached hydrogens (tertiary/aromatic N) is 6. The van der Waals surface area contributed by atoms with Gasteiger partial charge in [0, 0.05) is 50.6 Å². The Morgan fingerprint density at radius 1 is 1.00 bits per heavy atom. The normalized spacial score (nSPS) is 22.8. The zero-order chi connectivity index (χ0) is 20.5. The molecule has 2 aliphatic heterocycles. The maximum atomic E-state index is 13.3. The van der Waals surface area contributed by atoms with Crippen LogP contribution in [-0.2, 0) is 11.8 Å². The van der Waals surface area contributed by atoms with Crippen LogP contribution in [0.15, 0.2) is 18.5 Å². The molecule has 1 saturated carbocycles. The fourth-order valence-electron chi connectivity index (χ4n) is 5.42. The third-order valence-electron chi connectivity index (χ3n) is 6.97. The van der Waals surface area contributed by atoms with E-state index in [0.29, 0.717) is 5.91 Å². The standard InChI is InChI=1S/C23H32N6O/c1-27-16-18(19-11-12-24-23(25-19)28-13-5-6-14-28)21(26-27)20-10-7-15-29(20)22(30)17-8-3-2-4-9-17/h11-12,16-17,20H,2-10,13-15H2,1H3/t20-/m1/s1. The van der Waals surface area contributed by atoms with Crippen LogP contribution in [0.3, 0.4) is 0 Å². The van der Waals surface area contributed by atoms with Gasteiger partial charge in [-0.15, -0.1) is 0 Å². The highest BCUT2D eigenvalue weighted by Gasteiger charge is 2.37. The lowest BCUT2D eigenvalue weighted by Gasteiger charge is -2.30. The Labute approximate surface area is 178 Å². The second kappa shape index (κ2) is 8.36. The van der Waals surface area contributed by atoms with Crippen LogP contribution in [0, 0.1) is 5.92 Å². The van der Waals surface area contributed by atoms with Crippen LogP contribution >= 0.6 is 0 Å². The van der Waals surface area contributed by atoms with Gasteiger partial charge in [0.05, 0.1) is 17.4 Å². The number of likely N-dealkylation sites (tertiary alicyclic amines) is 1. The second-order valence-corrected chi connectivity index (χ2v) is 9.06. The number of aryl methyl sites for hydroxylation is 1. The van der Waals surface area contributed by atoms with Gasteiger partial charge in [0.1, 0.15) is 0 Å². The van der Waals surface area contributed by atoms with Crippen LogP contribution in [0.5, 0.6) is 0 Å². The van der Waals surface area contributed by atoms with Gasteiger partial charge in [-0.25, -0.2) is 9.97 Å². The van der Waals surface area contributed by atoms with Crippen molar-refractivity contribution in [3.05, 3.63) is 24.2 Å². The lowest BCUT2D eigenvalue weighted by molar-refractivity contribution is -0.137. The molecule has 0 aromatic carbocycles. The third-order valence-corrected chi connectivity index (χ3v) is 6.97. The van der Waals surface area contributed by atoms with E-state index in [1.165, 1.54) is 32.1 Å². The van der Waals surface area contributed by atoms with E-state index >= 15 is 0 Å². The molecule has 0 radical (unpaired) electrons. The van der Waals surface area contributed by atoms with Crippen molar-refractivity contribution < 1.29 is 4.79 Å². The molecule has 4 heterocycles.